The van der Waals surface area contributed by atoms with E-state index in [-0.39, 0.29) is 109 Å². The molecule has 140 valence electrons. The molecule has 10 nitrogen and oxygen atoms in total. The maximum Gasteiger partial charge on any atom is 0.326 e. The molecular formula is C10H19Cl3N2Na2O8. The summed E-state index contributed by atoms with van der Waals surface area (Å²) >= 11 is 0. The first kappa shape index (κ1) is 40.4. The van der Waals surface area contributed by atoms with Crippen LogP contribution in [-0.2, 0) is 38.5 Å². The molecule has 0 rings (SSSR count). The Morgan fingerprint density at radius 2 is 0.720 bits per heavy atom. The van der Waals surface area contributed by atoms with E-state index in [0.29, 0.717) is 10.5 Å². The van der Waals surface area contributed by atoms with Crippen molar-refractivity contribution in [2.45, 2.75) is 27.7 Å². The van der Waals surface area contributed by atoms with Gasteiger partial charge in [-0.1, -0.05) is 0 Å². The molecule has 0 aliphatic carbocycles. The van der Waals surface area contributed by atoms with E-state index in [1.165, 1.54) is 0 Å². The van der Waals surface area contributed by atoms with Crippen LogP contribution in [-0.4, -0.2) is 107 Å². The third kappa shape index (κ3) is 27.0. The van der Waals surface area contributed by atoms with Gasteiger partial charge >= 0.3 is 23.9 Å². The van der Waals surface area contributed by atoms with Gasteiger partial charge in [-0.25, -0.2) is 0 Å². The van der Waals surface area contributed by atoms with Crippen LogP contribution in [0.4, 0.5) is 0 Å². The minimum atomic E-state index is -0.724. The zero-order valence-electron chi connectivity index (χ0n) is 14.8. The van der Waals surface area contributed by atoms with Crippen molar-refractivity contribution in [3.8, 4) is 0 Å². The molecule has 0 saturated carbocycles. The van der Waals surface area contributed by atoms with Crippen molar-refractivity contribution in [1.29, 1.82) is 0 Å². The van der Waals surface area contributed by atoms with Crippen molar-refractivity contribution >= 4 is 120 Å². The maximum absolute atomic E-state index is 10.8. The topological polar surface area (TPSA) is 112 Å². The van der Waals surface area contributed by atoms with E-state index in [4.69, 9.17) is 0 Å². The van der Waals surface area contributed by atoms with Crippen molar-refractivity contribution in [2.24, 2.45) is 0 Å². The van der Waals surface area contributed by atoms with Gasteiger partial charge in [0.25, 0.3) is 0 Å². The second-order valence-corrected chi connectivity index (χ2v) is 3.44. The van der Waals surface area contributed by atoms with Crippen LogP contribution in [0.3, 0.4) is 0 Å². The van der Waals surface area contributed by atoms with Gasteiger partial charge in [-0.15, -0.1) is 37.2 Å². The Hall–Kier alpha value is 0.670. The molecule has 0 aromatic rings. The van der Waals surface area contributed by atoms with Crippen molar-refractivity contribution in [3.05, 3.63) is 0 Å². The smallest absolute Gasteiger partial charge is 0.326 e. The van der Waals surface area contributed by atoms with Gasteiger partial charge in [0.2, 0.25) is 0 Å². The monoisotopic (exact) mass is 446 g/mol. The summed E-state index contributed by atoms with van der Waals surface area (Å²) < 4.78 is 0. The van der Waals surface area contributed by atoms with Gasteiger partial charge in [0.1, 0.15) is 0 Å². The number of carbonyl (C=O) groups excluding carboxylic acids is 4. The van der Waals surface area contributed by atoms with Gasteiger partial charge in [0.15, 0.2) is 0 Å². The minimum Gasteiger partial charge on any atom is -0.333 e. The number of hydrogen-bond acceptors (Lipinski definition) is 10. The zero-order chi connectivity index (χ0) is 15.7. The predicted molar refractivity (Wildman–Crippen MR) is 93.7 cm³/mol. The van der Waals surface area contributed by atoms with E-state index in [1.807, 2.05) is 0 Å². The average Bonchev–Trinajstić information content (AvgIpc) is 2.22. The van der Waals surface area contributed by atoms with Gasteiger partial charge in [-0.05, 0) is 0 Å². The maximum atomic E-state index is 10.8. The fourth-order valence-electron chi connectivity index (χ4n) is 0.957. The molecule has 15 heteroatoms. The summed E-state index contributed by atoms with van der Waals surface area (Å²) in [7, 11) is 0. The van der Waals surface area contributed by atoms with E-state index < -0.39 is 23.9 Å². The second-order valence-electron chi connectivity index (χ2n) is 3.44. The number of hydrogen-bond donors (Lipinski definition) is 0. The summed E-state index contributed by atoms with van der Waals surface area (Å²) in [6.45, 7) is 3.97. The van der Waals surface area contributed by atoms with Crippen LogP contribution in [0.15, 0.2) is 0 Å². The molecule has 0 atom stereocenters. The van der Waals surface area contributed by atoms with Crippen LogP contribution in [0.1, 0.15) is 27.7 Å². The van der Waals surface area contributed by atoms with Crippen LogP contribution >= 0.6 is 37.2 Å². The van der Waals surface area contributed by atoms with Gasteiger partial charge in [0.05, 0.1) is 13.1 Å². The third-order valence-corrected chi connectivity index (χ3v) is 1.39. The summed E-state index contributed by atoms with van der Waals surface area (Å²) in [6.07, 6.45) is 0. The van der Waals surface area contributed by atoms with Gasteiger partial charge in [0, 0.05) is 97.3 Å². The Morgan fingerprint density at radius 1 is 0.560 bits per heavy atom. The van der Waals surface area contributed by atoms with Crippen LogP contribution in [0.2, 0.25) is 0 Å². The Labute approximate surface area is 208 Å². The standard InChI is InChI=1S/C10H16N2O8.3ClH.2Na/c1-7(13)17-11(18-8(2)14)5-6-12(19-9(3)15)20-10(4)16;;;;;/h5-6H2,1-4H3;3*1H;;. The number of hydroxylamine groups is 4. The minimum absolute atomic E-state index is 0. The first-order valence-corrected chi connectivity index (χ1v) is 5.50. The Balaban J connectivity index is -0.000000180. The van der Waals surface area contributed by atoms with Crippen LogP contribution in [0.25, 0.3) is 0 Å². The van der Waals surface area contributed by atoms with Crippen molar-refractivity contribution in [1.82, 2.24) is 10.5 Å². The number of carbonyl (C=O) groups is 4. The van der Waals surface area contributed by atoms with Crippen LogP contribution in [0, 0.1) is 0 Å². The molecule has 0 unspecified atom stereocenters. The molecule has 0 amide bonds. The molecular weight excluding hydrogens is 428 g/mol. The Morgan fingerprint density at radius 3 is 0.840 bits per heavy atom. The SMILES string of the molecule is CC(=O)ON(CCN(OC(C)=O)OC(C)=O)OC(C)=O.Cl.Cl.Cl.[Na].[Na]. The van der Waals surface area contributed by atoms with Gasteiger partial charge in [-0.2, -0.15) is 0 Å². The van der Waals surface area contributed by atoms with Crippen molar-refractivity contribution in [2.75, 3.05) is 13.1 Å². The molecule has 0 aromatic carbocycles. The van der Waals surface area contributed by atoms with Crippen molar-refractivity contribution in [3.63, 3.8) is 0 Å². The molecule has 0 saturated heterocycles. The van der Waals surface area contributed by atoms with E-state index in [1.54, 1.807) is 0 Å². The molecule has 0 bridgehead atoms. The van der Waals surface area contributed by atoms with Crippen LogP contribution < -0.4 is 0 Å². The molecule has 0 N–H and O–H groups in total. The number of halogens is 3. The molecule has 0 spiro atoms. The molecule has 0 aliphatic heterocycles. The predicted octanol–water partition coefficient (Wildman–Crippen LogP) is 0.00660. The summed E-state index contributed by atoms with van der Waals surface area (Å²) in [5, 5.41) is 1.15. The molecule has 0 aliphatic rings. The van der Waals surface area contributed by atoms with Gasteiger partial charge in [-0.3, -0.25) is 19.2 Å². The first-order valence-electron chi connectivity index (χ1n) is 5.50. The second kappa shape index (κ2) is 22.7. The Kier molecular flexibility index (Phi) is 36.7. The molecule has 0 fully saturated rings. The zero-order valence-corrected chi connectivity index (χ0v) is 21.2. The summed E-state index contributed by atoms with van der Waals surface area (Å²) in [5.41, 5.74) is 0. The van der Waals surface area contributed by atoms with Crippen LogP contribution in [0.5, 0.6) is 0 Å². The van der Waals surface area contributed by atoms with E-state index in [9.17, 15) is 19.2 Å². The summed E-state index contributed by atoms with van der Waals surface area (Å²) in [5.74, 6) is -2.90. The van der Waals surface area contributed by atoms with Crippen molar-refractivity contribution < 1.29 is 38.5 Å². The van der Waals surface area contributed by atoms with E-state index in [0.717, 1.165) is 27.7 Å². The summed E-state index contributed by atoms with van der Waals surface area (Å²) in [6, 6.07) is 0. The molecule has 0 aromatic heterocycles. The molecule has 2 radical (unpaired) electrons. The number of rotatable bonds is 7. The molecule has 0 heterocycles. The van der Waals surface area contributed by atoms with E-state index >= 15 is 0 Å². The summed E-state index contributed by atoms with van der Waals surface area (Å²) in [4.78, 5) is 61.4. The number of nitrogens with zero attached hydrogens (tertiary/aromatic N) is 2. The quantitative estimate of drug-likeness (QED) is 0.391. The fourth-order valence-corrected chi connectivity index (χ4v) is 0.957. The van der Waals surface area contributed by atoms with E-state index in [2.05, 4.69) is 19.4 Å². The fraction of sp³-hybridized carbons (Fsp3) is 0.600. The van der Waals surface area contributed by atoms with Gasteiger partial charge < -0.3 is 19.4 Å². The third-order valence-electron chi connectivity index (χ3n) is 1.39. The average molecular weight is 448 g/mol. The normalized spacial score (nSPS) is 8.08. The first-order chi connectivity index (χ1) is 9.20. The Bertz CT molecular complexity index is 338. The molecule has 25 heavy (non-hydrogen) atoms. The largest absolute Gasteiger partial charge is 0.333 e.